The fourth-order valence-corrected chi connectivity index (χ4v) is 7.10. The normalized spacial score (nSPS) is 22.1. The number of hydrogen-bond acceptors (Lipinski definition) is 5. The quantitative estimate of drug-likeness (QED) is 0.344. The Hall–Kier alpha value is -3.25. The molecule has 0 radical (unpaired) electrons. The smallest absolute Gasteiger partial charge is 0.165 e. The van der Waals surface area contributed by atoms with Gasteiger partial charge in [0.25, 0.3) is 0 Å². The van der Waals surface area contributed by atoms with Gasteiger partial charge in [0.15, 0.2) is 11.6 Å². The molecule has 0 saturated carbocycles. The lowest BCUT2D eigenvalue weighted by Gasteiger charge is -2.30. The standard InChI is InChI=1S/C33H39FN2O3/c1-35(21-22-3-14-33(31(34)17-22)39-16-15-36-26-7-8-27(36)10-9-26)32-20-29(38-2)12-13-30(32)25-5-4-24-19-28(37)11-6-23(24)18-25/h3,6,11-14,17,19-20,25-27,37H,4-5,7-10,15-16,18,21H2,1-2H3. The zero-order valence-corrected chi connectivity index (χ0v) is 23.0. The molecular weight excluding hydrogens is 491 g/mol. The number of aryl methyl sites for hydroxylation is 1. The van der Waals surface area contributed by atoms with Crippen molar-refractivity contribution < 1.29 is 19.0 Å². The van der Waals surface area contributed by atoms with Gasteiger partial charge in [-0.15, -0.1) is 0 Å². The van der Waals surface area contributed by atoms with E-state index >= 15 is 4.39 Å². The van der Waals surface area contributed by atoms with Crippen LogP contribution < -0.4 is 14.4 Å². The van der Waals surface area contributed by atoms with Crippen LogP contribution in [0.15, 0.2) is 54.6 Å². The van der Waals surface area contributed by atoms with Gasteiger partial charge < -0.3 is 19.5 Å². The Labute approximate surface area is 231 Å². The van der Waals surface area contributed by atoms with Gasteiger partial charge in [-0.2, -0.15) is 0 Å². The Kier molecular flexibility index (Phi) is 7.39. The Bertz CT molecular complexity index is 1310. The molecule has 3 aromatic carbocycles. The van der Waals surface area contributed by atoms with Crippen molar-refractivity contribution in [2.45, 2.75) is 69.5 Å². The molecule has 2 bridgehead atoms. The number of halogens is 1. The maximum absolute atomic E-state index is 15.0. The number of rotatable bonds is 9. The first kappa shape index (κ1) is 26.0. The number of anilines is 1. The van der Waals surface area contributed by atoms with Gasteiger partial charge in [0.05, 0.1) is 7.11 Å². The first-order chi connectivity index (χ1) is 19.0. The van der Waals surface area contributed by atoms with Crippen LogP contribution in [0.25, 0.3) is 0 Å². The third-order valence-corrected chi connectivity index (χ3v) is 9.13. The number of methoxy groups -OCH3 is 1. The van der Waals surface area contributed by atoms with E-state index in [4.69, 9.17) is 9.47 Å². The van der Waals surface area contributed by atoms with E-state index in [1.54, 1.807) is 25.3 Å². The average molecular weight is 531 g/mol. The highest BCUT2D eigenvalue weighted by molar-refractivity contribution is 5.59. The molecule has 206 valence electrons. The first-order valence-electron chi connectivity index (χ1n) is 14.4. The van der Waals surface area contributed by atoms with Gasteiger partial charge in [-0.25, -0.2) is 4.39 Å². The van der Waals surface area contributed by atoms with Crippen molar-refractivity contribution in [1.29, 1.82) is 0 Å². The molecule has 3 aromatic rings. The SMILES string of the molecule is COc1ccc(C2CCc3cc(O)ccc3C2)c(N(C)Cc2ccc(OCCN3C4CCC3CC4)c(F)c2)c1. The molecule has 1 N–H and O–H groups in total. The number of fused-ring (bicyclic) bond motifs is 3. The second-order valence-electron chi connectivity index (χ2n) is 11.5. The molecule has 6 rings (SSSR count). The summed E-state index contributed by atoms with van der Waals surface area (Å²) < 4.78 is 26.5. The topological polar surface area (TPSA) is 45.2 Å². The fourth-order valence-electron chi connectivity index (χ4n) is 7.10. The summed E-state index contributed by atoms with van der Waals surface area (Å²) in [5.41, 5.74) is 5.80. The van der Waals surface area contributed by atoms with E-state index in [2.05, 4.69) is 29.0 Å². The largest absolute Gasteiger partial charge is 0.508 e. The molecule has 0 amide bonds. The zero-order valence-electron chi connectivity index (χ0n) is 23.0. The van der Waals surface area contributed by atoms with E-state index in [9.17, 15) is 5.11 Å². The molecule has 2 saturated heterocycles. The van der Waals surface area contributed by atoms with Crippen molar-refractivity contribution in [1.82, 2.24) is 4.90 Å². The van der Waals surface area contributed by atoms with E-state index < -0.39 is 0 Å². The highest BCUT2D eigenvalue weighted by Gasteiger charge is 2.38. The Balaban J connectivity index is 1.13. The third-order valence-electron chi connectivity index (χ3n) is 9.13. The van der Waals surface area contributed by atoms with Gasteiger partial charge in [0, 0.05) is 44.0 Å². The molecule has 2 heterocycles. The van der Waals surface area contributed by atoms with Crippen LogP contribution in [0, 0.1) is 5.82 Å². The highest BCUT2D eigenvalue weighted by Crippen LogP contribution is 2.40. The predicted molar refractivity (Wildman–Crippen MR) is 153 cm³/mol. The Morgan fingerprint density at radius 3 is 2.49 bits per heavy atom. The number of hydrogen-bond donors (Lipinski definition) is 1. The lowest BCUT2D eigenvalue weighted by Crippen LogP contribution is -2.32. The molecule has 6 heteroatoms. The minimum atomic E-state index is -0.303. The van der Waals surface area contributed by atoms with E-state index in [1.165, 1.54) is 42.4 Å². The van der Waals surface area contributed by atoms with E-state index in [0.29, 0.717) is 42.7 Å². The lowest BCUT2D eigenvalue weighted by atomic mass is 9.79. The van der Waals surface area contributed by atoms with Crippen LogP contribution in [0.3, 0.4) is 0 Å². The summed E-state index contributed by atoms with van der Waals surface area (Å²) in [6.07, 6.45) is 8.09. The van der Waals surface area contributed by atoms with Gasteiger partial charge in [0.1, 0.15) is 18.1 Å². The fraction of sp³-hybridized carbons (Fsp3) is 0.455. The minimum absolute atomic E-state index is 0.303. The number of phenolic OH excluding ortho intramolecular Hbond substituents is 1. The van der Waals surface area contributed by atoms with Crippen molar-refractivity contribution in [3.05, 3.63) is 82.7 Å². The zero-order chi connectivity index (χ0) is 26.9. The third kappa shape index (κ3) is 5.44. The molecule has 2 fully saturated rings. The van der Waals surface area contributed by atoms with Gasteiger partial charge in [0.2, 0.25) is 0 Å². The van der Waals surface area contributed by atoms with Crippen molar-refractivity contribution in [2.75, 3.05) is 32.2 Å². The molecule has 1 unspecified atom stereocenters. The summed E-state index contributed by atoms with van der Waals surface area (Å²) in [6, 6.07) is 18.8. The minimum Gasteiger partial charge on any atom is -0.508 e. The average Bonchev–Trinajstić information content (AvgIpc) is 3.53. The monoisotopic (exact) mass is 530 g/mol. The van der Waals surface area contributed by atoms with Crippen LogP contribution >= 0.6 is 0 Å². The number of phenols is 1. The number of benzene rings is 3. The second kappa shape index (κ2) is 11.1. The molecule has 39 heavy (non-hydrogen) atoms. The van der Waals surface area contributed by atoms with Gasteiger partial charge in [-0.3, -0.25) is 4.90 Å². The summed E-state index contributed by atoms with van der Waals surface area (Å²) in [4.78, 5) is 4.74. The molecular formula is C33H39FN2O3. The second-order valence-corrected chi connectivity index (χ2v) is 11.5. The van der Waals surface area contributed by atoms with Crippen LogP contribution in [0.5, 0.6) is 17.2 Å². The maximum Gasteiger partial charge on any atom is 0.165 e. The Morgan fingerprint density at radius 2 is 1.74 bits per heavy atom. The molecule has 3 aliphatic rings. The van der Waals surface area contributed by atoms with Crippen LogP contribution in [-0.4, -0.2) is 49.4 Å². The summed E-state index contributed by atoms with van der Waals surface area (Å²) in [5, 5.41) is 9.87. The number of ether oxygens (including phenoxy) is 2. The van der Waals surface area contributed by atoms with E-state index in [0.717, 1.165) is 42.8 Å². The maximum atomic E-state index is 15.0. The molecule has 2 aliphatic heterocycles. The number of nitrogens with zero attached hydrogens (tertiary/aromatic N) is 2. The summed E-state index contributed by atoms with van der Waals surface area (Å²) in [7, 11) is 3.74. The van der Waals surface area contributed by atoms with Crippen LogP contribution in [0.4, 0.5) is 10.1 Å². The predicted octanol–water partition coefficient (Wildman–Crippen LogP) is 6.45. The van der Waals surface area contributed by atoms with Crippen LogP contribution in [0.2, 0.25) is 0 Å². The number of aromatic hydroxyl groups is 1. The summed E-state index contributed by atoms with van der Waals surface area (Å²) in [6.45, 7) is 1.98. The van der Waals surface area contributed by atoms with E-state index in [1.807, 2.05) is 24.3 Å². The van der Waals surface area contributed by atoms with Crippen molar-refractivity contribution in [3.8, 4) is 17.2 Å². The molecule has 1 aliphatic carbocycles. The van der Waals surface area contributed by atoms with Gasteiger partial charge >= 0.3 is 0 Å². The molecule has 0 aromatic heterocycles. The lowest BCUT2D eigenvalue weighted by molar-refractivity contribution is 0.190. The van der Waals surface area contributed by atoms with Gasteiger partial charge in [-0.05, 0) is 103 Å². The van der Waals surface area contributed by atoms with E-state index in [-0.39, 0.29) is 5.82 Å². The van der Waals surface area contributed by atoms with Crippen molar-refractivity contribution in [3.63, 3.8) is 0 Å². The van der Waals surface area contributed by atoms with Crippen LogP contribution in [0.1, 0.15) is 60.3 Å². The van der Waals surface area contributed by atoms with Crippen molar-refractivity contribution >= 4 is 5.69 Å². The molecule has 1 atom stereocenters. The first-order valence-corrected chi connectivity index (χ1v) is 14.4. The molecule has 0 spiro atoms. The molecule has 5 nitrogen and oxygen atoms in total. The highest BCUT2D eigenvalue weighted by atomic mass is 19.1. The summed E-state index contributed by atoms with van der Waals surface area (Å²) >= 11 is 0. The van der Waals surface area contributed by atoms with Crippen molar-refractivity contribution in [2.24, 2.45) is 0 Å². The summed E-state index contributed by atoms with van der Waals surface area (Å²) in [5.74, 6) is 1.54. The van der Waals surface area contributed by atoms with Gasteiger partial charge in [-0.1, -0.05) is 18.2 Å². The van der Waals surface area contributed by atoms with Crippen LogP contribution in [-0.2, 0) is 19.4 Å². The Morgan fingerprint density at radius 1 is 0.949 bits per heavy atom.